The van der Waals surface area contributed by atoms with Gasteiger partial charge < -0.3 is 20.1 Å². The highest BCUT2D eigenvalue weighted by atomic mass is 16.5. The minimum absolute atomic E-state index is 0.260. The van der Waals surface area contributed by atoms with Crippen LogP contribution in [-0.2, 0) is 19.1 Å². The van der Waals surface area contributed by atoms with E-state index in [0.29, 0.717) is 0 Å². The molecular formula is C10H15N3O6. The fraction of sp³-hybridized carbons (Fsp3) is 0.600. The summed E-state index contributed by atoms with van der Waals surface area (Å²) >= 11 is 0. The lowest BCUT2D eigenvalue weighted by molar-refractivity contribution is -0.148. The quantitative estimate of drug-likeness (QED) is 0.516. The summed E-state index contributed by atoms with van der Waals surface area (Å²) in [5, 5.41) is 13.1. The van der Waals surface area contributed by atoms with Crippen LogP contribution in [0.5, 0.6) is 0 Å². The number of carbonyl (C=O) groups is 4. The van der Waals surface area contributed by atoms with Crippen molar-refractivity contribution in [2.75, 3.05) is 20.2 Å². The Morgan fingerprint density at radius 2 is 2.21 bits per heavy atom. The summed E-state index contributed by atoms with van der Waals surface area (Å²) in [5.41, 5.74) is 0. The summed E-state index contributed by atoms with van der Waals surface area (Å²) in [7, 11) is 1.20. The zero-order chi connectivity index (χ0) is 14.6. The highest BCUT2D eigenvalue weighted by Gasteiger charge is 2.33. The maximum atomic E-state index is 11.8. The minimum atomic E-state index is -1.22. The van der Waals surface area contributed by atoms with Crippen molar-refractivity contribution in [2.24, 2.45) is 0 Å². The molecule has 2 unspecified atom stereocenters. The number of amides is 4. The number of nitrogens with zero attached hydrogens (tertiary/aromatic N) is 1. The molecule has 0 aromatic heterocycles. The highest BCUT2D eigenvalue weighted by Crippen LogP contribution is 2.04. The number of carboxylic acid groups (broad SMARTS) is 1. The van der Waals surface area contributed by atoms with Crippen LogP contribution in [-0.4, -0.2) is 66.2 Å². The van der Waals surface area contributed by atoms with Crippen LogP contribution in [0.4, 0.5) is 4.79 Å². The smallest absolute Gasteiger partial charge is 0.334 e. The number of ether oxygens (including phenoxy) is 1. The van der Waals surface area contributed by atoms with E-state index in [1.54, 1.807) is 0 Å². The van der Waals surface area contributed by atoms with Crippen molar-refractivity contribution in [3.05, 3.63) is 0 Å². The van der Waals surface area contributed by atoms with Crippen LogP contribution >= 0.6 is 0 Å². The van der Waals surface area contributed by atoms with E-state index in [1.165, 1.54) is 14.0 Å². The van der Waals surface area contributed by atoms with Crippen LogP contribution in [0.3, 0.4) is 0 Å². The first-order valence-electron chi connectivity index (χ1n) is 5.50. The van der Waals surface area contributed by atoms with E-state index in [-0.39, 0.29) is 13.1 Å². The van der Waals surface area contributed by atoms with E-state index in [4.69, 9.17) is 5.11 Å². The first-order chi connectivity index (χ1) is 8.86. The molecule has 0 aromatic carbocycles. The normalized spacial score (nSPS) is 20.7. The van der Waals surface area contributed by atoms with Gasteiger partial charge in [0.15, 0.2) is 6.10 Å². The molecular weight excluding hydrogens is 258 g/mol. The Labute approximate surface area is 108 Å². The summed E-state index contributed by atoms with van der Waals surface area (Å²) in [6.45, 7) is 0.944. The van der Waals surface area contributed by atoms with Gasteiger partial charge in [-0.2, -0.15) is 0 Å². The van der Waals surface area contributed by atoms with Crippen molar-refractivity contribution < 1.29 is 29.0 Å². The van der Waals surface area contributed by atoms with Crippen molar-refractivity contribution in [2.45, 2.75) is 19.1 Å². The van der Waals surface area contributed by atoms with Gasteiger partial charge >= 0.3 is 12.0 Å². The van der Waals surface area contributed by atoms with E-state index in [9.17, 15) is 19.2 Å². The molecule has 9 heteroatoms. The lowest BCUT2D eigenvalue weighted by Crippen LogP contribution is -2.61. The molecule has 0 aliphatic carbocycles. The summed E-state index contributed by atoms with van der Waals surface area (Å²) in [4.78, 5) is 46.0. The zero-order valence-corrected chi connectivity index (χ0v) is 10.5. The second kappa shape index (κ2) is 6.14. The van der Waals surface area contributed by atoms with Gasteiger partial charge in [0.1, 0.15) is 12.6 Å². The Morgan fingerprint density at radius 3 is 2.74 bits per heavy atom. The van der Waals surface area contributed by atoms with Gasteiger partial charge in [0.2, 0.25) is 11.8 Å². The van der Waals surface area contributed by atoms with Gasteiger partial charge in [-0.1, -0.05) is 0 Å². The van der Waals surface area contributed by atoms with Crippen LogP contribution < -0.4 is 10.6 Å². The lowest BCUT2D eigenvalue weighted by atomic mass is 10.2. The maximum absolute atomic E-state index is 11.8. The third-order valence-electron chi connectivity index (χ3n) is 2.68. The number of rotatable bonds is 4. The largest absolute Gasteiger partial charge is 0.479 e. The van der Waals surface area contributed by atoms with E-state index in [2.05, 4.69) is 15.4 Å². The molecule has 1 aliphatic rings. The molecule has 9 nitrogen and oxygen atoms in total. The van der Waals surface area contributed by atoms with Gasteiger partial charge in [0.25, 0.3) is 0 Å². The monoisotopic (exact) mass is 273 g/mol. The molecule has 3 N–H and O–H groups in total. The molecule has 1 saturated heterocycles. The fourth-order valence-electron chi connectivity index (χ4n) is 1.52. The number of urea groups is 1. The Kier molecular flexibility index (Phi) is 4.81. The first kappa shape index (κ1) is 14.9. The Bertz CT molecular complexity index is 410. The summed E-state index contributed by atoms with van der Waals surface area (Å²) in [6.07, 6.45) is -1.19. The van der Waals surface area contributed by atoms with Crippen molar-refractivity contribution in [3.8, 4) is 0 Å². The number of piperazine rings is 1. The Balaban J connectivity index is 2.59. The molecule has 0 radical (unpaired) electrons. The molecule has 1 fully saturated rings. The molecule has 2 atom stereocenters. The van der Waals surface area contributed by atoms with Crippen molar-refractivity contribution in [3.63, 3.8) is 0 Å². The molecule has 1 aliphatic heterocycles. The molecule has 0 bridgehead atoms. The van der Waals surface area contributed by atoms with E-state index < -0.39 is 36.0 Å². The number of methoxy groups -OCH3 is 1. The summed E-state index contributed by atoms with van der Waals surface area (Å²) < 4.78 is 4.64. The van der Waals surface area contributed by atoms with Gasteiger partial charge in [-0.15, -0.1) is 0 Å². The topological polar surface area (TPSA) is 125 Å². The first-order valence-corrected chi connectivity index (χ1v) is 5.50. The molecule has 1 heterocycles. The van der Waals surface area contributed by atoms with Crippen LogP contribution in [0.15, 0.2) is 0 Å². The van der Waals surface area contributed by atoms with Crippen molar-refractivity contribution in [1.82, 2.24) is 15.5 Å². The SMILES string of the molecule is COC(CNC(=O)N1CC(=O)NC(=O)C1C)C(=O)O. The standard InChI is InChI=1S/C10H15N3O6/c1-5-8(15)12-7(14)4-13(5)10(18)11-3-6(19-2)9(16)17/h5-6H,3-4H2,1-2H3,(H,11,18)(H,16,17)(H,12,14,15). The molecule has 0 saturated carbocycles. The van der Waals surface area contributed by atoms with Crippen LogP contribution in [0.2, 0.25) is 0 Å². The lowest BCUT2D eigenvalue weighted by Gasteiger charge is -2.31. The number of carboxylic acids is 1. The minimum Gasteiger partial charge on any atom is -0.479 e. The molecule has 4 amide bonds. The van der Waals surface area contributed by atoms with Crippen LogP contribution in [0, 0.1) is 0 Å². The third-order valence-corrected chi connectivity index (χ3v) is 2.68. The molecule has 0 spiro atoms. The number of aliphatic carboxylic acids is 1. The van der Waals surface area contributed by atoms with Crippen molar-refractivity contribution in [1.29, 1.82) is 0 Å². The van der Waals surface area contributed by atoms with E-state index in [1.807, 2.05) is 0 Å². The molecule has 1 rings (SSSR count). The van der Waals surface area contributed by atoms with Gasteiger partial charge in [-0.25, -0.2) is 9.59 Å². The summed E-state index contributed by atoms with van der Waals surface area (Å²) in [5.74, 6) is -2.38. The highest BCUT2D eigenvalue weighted by molar-refractivity contribution is 6.03. The summed E-state index contributed by atoms with van der Waals surface area (Å²) in [6, 6.07) is -1.50. The number of hydrogen-bond acceptors (Lipinski definition) is 5. The molecule has 106 valence electrons. The maximum Gasteiger partial charge on any atom is 0.334 e. The number of nitrogens with one attached hydrogen (secondary N) is 2. The van der Waals surface area contributed by atoms with Gasteiger partial charge in [-0.3, -0.25) is 14.9 Å². The van der Waals surface area contributed by atoms with Crippen molar-refractivity contribution >= 4 is 23.8 Å². The number of imide groups is 1. The zero-order valence-electron chi connectivity index (χ0n) is 10.5. The average molecular weight is 273 g/mol. The predicted octanol–water partition coefficient (Wildman–Crippen LogP) is -1.86. The van der Waals surface area contributed by atoms with Crippen LogP contribution in [0.1, 0.15) is 6.92 Å². The van der Waals surface area contributed by atoms with Gasteiger partial charge in [0, 0.05) is 7.11 Å². The van der Waals surface area contributed by atoms with Gasteiger partial charge in [-0.05, 0) is 6.92 Å². The average Bonchev–Trinajstić information content (AvgIpc) is 2.33. The molecule has 0 aromatic rings. The predicted molar refractivity (Wildman–Crippen MR) is 61.1 cm³/mol. The third kappa shape index (κ3) is 3.65. The Hall–Kier alpha value is -2.16. The second-order valence-corrected chi connectivity index (χ2v) is 3.96. The molecule has 19 heavy (non-hydrogen) atoms. The second-order valence-electron chi connectivity index (χ2n) is 3.96. The number of hydrogen-bond donors (Lipinski definition) is 3. The van der Waals surface area contributed by atoms with Crippen LogP contribution in [0.25, 0.3) is 0 Å². The van der Waals surface area contributed by atoms with E-state index in [0.717, 1.165) is 4.90 Å². The fourth-order valence-corrected chi connectivity index (χ4v) is 1.52. The Morgan fingerprint density at radius 1 is 1.58 bits per heavy atom. The van der Waals surface area contributed by atoms with E-state index >= 15 is 0 Å². The van der Waals surface area contributed by atoms with Gasteiger partial charge in [0.05, 0.1) is 6.54 Å². The number of carbonyl (C=O) groups excluding carboxylic acids is 3.